The van der Waals surface area contributed by atoms with Crippen molar-refractivity contribution in [2.75, 3.05) is 42.2 Å². The Bertz CT molecular complexity index is 1080. The zero-order valence-corrected chi connectivity index (χ0v) is 18.8. The van der Waals surface area contributed by atoms with Crippen LogP contribution in [-0.4, -0.2) is 80.5 Å². The smallest absolute Gasteiger partial charge is 0.326 e. The minimum Gasteiger partial charge on any atom is -0.493 e. The third kappa shape index (κ3) is 6.47. The van der Waals surface area contributed by atoms with E-state index in [0.29, 0.717) is 37.4 Å². The number of fused-ring (bicyclic) bond motifs is 1. The minimum atomic E-state index is -1.32. The fourth-order valence-electron chi connectivity index (χ4n) is 3.95. The van der Waals surface area contributed by atoms with Gasteiger partial charge in [0.1, 0.15) is 11.9 Å². The number of aromatic nitrogens is 2. The van der Waals surface area contributed by atoms with Crippen molar-refractivity contribution >= 4 is 35.3 Å². The summed E-state index contributed by atoms with van der Waals surface area (Å²) in [4.78, 5) is 44.3. The van der Waals surface area contributed by atoms with Crippen molar-refractivity contribution in [2.45, 2.75) is 31.2 Å². The molecule has 2 atom stereocenters. The second-order valence-corrected chi connectivity index (χ2v) is 8.09. The predicted molar refractivity (Wildman–Crippen MR) is 125 cm³/mol. The summed E-state index contributed by atoms with van der Waals surface area (Å²) in [6.07, 6.45) is 0.00261. The summed E-state index contributed by atoms with van der Waals surface area (Å²) in [5, 5.41) is 43.1. The number of carbonyl (C=O) groups excluding carboxylic acids is 1. The number of nitrogen functional groups attached to an aromatic ring is 1. The second kappa shape index (κ2) is 11.3. The van der Waals surface area contributed by atoms with Gasteiger partial charge in [-0.15, -0.1) is 0 Å². The lowest BCUT2D eigenvalue weighted by Gasteiger charge is -2.25. The van der Waals surface area contributed by atoms with Gasteiger partial charge >= 0.3 is 11.9 Å². The number of carboxylic acids is 2. The molecule has 0 radical (unpaired) electrons. The van der Waals surface area contributed by atoms with Gasteiger partial charge in [-0.3, -0.25) is 9.59 Å². The number of nitrogens with one attached hydrogen (secondary N) is 2. The summed E-state index contributed by atoms with van der Waals surface area (Å²) >= 11 is 0. The number of carbonyl (C=O) groups is 3. The molecule has 1 aromatic heterocycles. The summed E-state index contributed by atoms with van der Waals surface area (Å²) in [5.74, 6) is -2.82. The fourth-order valence-corrected chi connectivity index (χ4v) is 3.95. The Morgan fingerprint density at radius 2 is 1.89 bits per heavy atom. The quantitative estimate of drug-likeness (QED) is 0.214. The van der Waals surface area contributed by atoms with E-state index < -0.39 is 23.9 Å². The van der Waals surface area contributed by atoms with Gasteiger partial charge in [0, 0.05) is 43.2 Å². The normalized spacial score (nSPS) is 15.1. The summed E-state index contributed by atoms with van der Waals surface area (Å²) < 4.78 is 0. The molecule has 1 aliphatic rings. The fraction of sp³-hybridized carbons (Fsp3) is 0.409. The number of amides is 1. The van der Waals surface area contributed by atoms with Crippen molar-refractivity contribution in [3.8, 4) is 5.88 Å². The van der Waals surface area contributed by atoms with Crippen molar-refractivity contribution in [2.24, 2.45) is 0 Å². The zero-order chi connectivity index (χ0) is 25.5. The molecule has 13 nitrogen and oxygen atoms in total. The highest BCUT2D eigenvalue weighted by Crippen LogP contribution is 2.38. The second-order valence-electron chi connectivity index (χ2n) is 8.09. The molecule has 13 heteroatoms. The minimum absolute atomic E-state index is 0.0167. The van der Waals surface area contributed by atoms with Crippen LogP contribution in [0.1, 0.15) is 41.1 Å². The summed E-state index contributed by atoms with van der Waals surface area (Å²) in [6.45, 7) is 1.31. The molecule has 1 aromatic carbocycles. The first-order valence-corrected chi connectivity index (χ1v) is 11.0. The van der Waals surface area contributed by atoms with Crippen molar-refractivity contribution in [3.63, 3.8) is 0 Å². The Morgan fingerprint density at radius 1 is 1.17 bits per heavy atom. The molecule has 0 fully saturated rings. The van der Waals surface area contributed by atoms with Gasteiger partial charge in [-0.1, -0.05) is 0 Å². The van der Waals surface area contributed by atoms with Crippen molar-refractivity contribution in [1.29, 1.82) is 0 Å². The highest BCUT2D eigenvalue weighted by Gasteiger charge is 2.29. The third-order valence-electron chi connectivity index (χ3n) is 5.73. The van der Waals surface area contributed by atoms with Gasteiger partial charge in [0.2, 0.25) is 11.8 Å². The zero-order valence-electron chi connectivity index (χ0n) is 18.8. The van der Waals surface area contributed by atoms with Crippen LogP contribution in [0, 0.1) is 0 Å². The van der Waals surface area contributed by atoms with Gasteiger partial charge in [-0.2, -0.15) is 9.97 Å². The van der Waals surface area contributed by atoms with E-state index in [-0.39, 0.29) is 42.8 Å². The molecular formula is C22H28N6O7. The molecule has 35 heavy (non-hydrogen) atoms. The van der Waals surface area contributed by atoms with E-state index in [0.717, 1.165) is 5.69 Å². The summed E-state index contributed by atoms with van der Waals surface area (Å²) in [7, 11) is 0. The molecule has 1 unspecified atom stereocenters. The molecule has 0 saturated heterocycles. The lowest BCUT2D eigenvalue weighted by Crippen LogP contribution is -2.41. The van der Waals surface area contributed by atoms with Crippen molar-refractivity contribution < 1.29 is 34.8 Å². The number of hydrogen-bond acceptors (Lipinski definition) is 10. The molecule has 188 valence electrons. The van der Waals surface area contributed by atoms with Crippen LogP contribution in [-0.2, 0) is 9.59 Å². The molecule has 0 spiro atoms. The first-order valence-electron chi connectivity index (χ1n) is 11.0. The van der Waals surface area contributed by atoms with Crippen molar-refractivity contribution in [1.82, 2.24) is 15.3 Å². The number of nitrogens with zero attached hydrogens (tertiary/aromatic N) is 3. The number of nitrogens with two attached hydrogens (primary N) is 1. The van der Waals surface area contributed by atoms with Crippen LogP contribution >= 0.6 is 0 Å². The number of aliphatic hydroxyl groups is 1. The Balaban J connectivity index is 1.64. The summed E-state index contributed by atoms with van der Waals surface area (Å²) in [5.41, 5.74) is 7.13. The third-order valence-corrected chi connectivity index (χ3v) is 5.73. The van der Waals surface area contributed by atoms with Gasteiger partial charge in [0.25, 0.3) is 5.91 Å². The Hall–Kier alpha value is -4.13. The molecule has 0 bridgehead atoms. The predicted octanol–water partition coefficient (Wildman–Crippen LogP) is 0.210. The Morgan fingerprint density at radius 3 is 2.51 bits per heavy atom. The Kier molecular flexibility index (Phi) is 8.25. The van der Waals surface area contributed by atoms with Crippen LogP contribution in [0.4, 0.5) is 17.5 Å². The number of benzene rings is 1. The van der Waals surface area contributed by atoms with E-state index in [9.17, 15) is 29.7 Å². The highest BCUT2D eigenvalue weighted by atomic mass is 16.4. The first kappa shape index (κ1) is 25.5. The maximum atomic E-state index is 12.5. The average Bonchev–Trinajstić information content (AvgIpc) is 3.22. The average molecular weight is 489 g/mol. The molecule has 8 N–H and O–H groups in total. The lowest BCUT2D eigenvalue weighted by atomic mass is 9.99. The molecule has 1 aliphatic heterocycles. The van der Waals surface area contributed by atoms with E-state index in [1.165, 1.54) is 12.1 Å². The SMILES string of the molecule is Nc1nc(O)c2c(n1)NCC2CCN(CCO)c1ccc(C(=O)N[C@@H](CCC(=O)O)C(=O)O)cc1. The van der Waals surface area contributed by atoms with E-state index in [4.69, 9.17) is 10.8 Å². The maximum Gasteiger partial charge on any atom is 0.326 e. The van der Waals surface area contributed by atoms with Gasteiger partial charge in [0.05, 0.1) is 12.2 Å². The van der Waals surface area contributed by atoms with Gasteiger partial charge < -0.3 is 41.7 Å². The van der Waals surface area contributed by atoms with E-state index in [1.807, 2.05) is 4.90 Å². The monoisotopic (exact) mass is 488 g/mol. The largest absolute Gasteiger partial charge is 0.493 e. The molecule has 2 heterocycles. The maximum absolute atomic E-state index is 12.5. The molecule has 1 amide bonds. The van der Waals surface area contributed by atoms with Gasteiger partial charge in [-0.25, -0.2) is 4.79 Å². The van der Waals surface area contributed by atoms with Gasteiger partial charge in [-0.05, 0) is 37.1 Å². The molecule has 2 aromatic rings. The highest BCUT2D eigenvalue weighted by molar-refractivity contribution is 5.97. The van der Waals surface area contributed by atoms with E-state index in [1.54, 1.807) is 12.1 Å². The van der Waals surface area contributed by atoms with Crippen LogP contribution in [0.15, 0.2) is 24.3 Å². The van der Waals surface area contributed by atoms with Gasteiger partial charge in [0.15, 0.2) is 0 Å². The number of aromatic hydroxyl groups is 1. The van der Waals surface area contributed by atoms with Crippen LogP contribution in [0.3, 0.4) is 0 Å². The number of hydrogen-bond donors (Lipinski definition) is 7. The molecule has 0 saturated carbocycles. The molecular weight excluding hydrogens is 460 g/mol. The van der Waals surface area contributed by atoms with Crippen LogP contribution < -0.4 is 21.3 Å². The first-order chi connectivity index (χ1) is 16.7. The standard InChI is InChI=1S/C22H28N6O7/c23-22-26-18-17(20(33)27-22)13(11-24-18)7-8-28(9-10-29)14-3-1-12(2-4-14)19(32)25-15(21(34)35)5-6-16(30)31/h1-4,13,15,29H,5-11H2,(H,25,32)(H,30,31)(H,34,35)(H4,23,24,26,27,33)/t13?,15-/m0/s1. The number of rotatable bonds is 12. The Labute approximate surface area is 200 Å². The summed E-state index contributed by atoms with van der Waals surface area (Å²) in [6, 6.07) is 5.10. The molecule has 0 aliphatic carbocycles. The van der Waals surface area contributed by atoms with Crippen molar-refractivity contribution in [3.05, 3.63) is 35.4 Å². The topological polar surface area (TPSA) is 211 Å². The van der Waals surface area contributed by atoms with Crippen LogP contribution in [0.2, 0.25) is 0 Å². The molecule has 3 rings (SSSR count). The van der Waals surface area contributed by atoms with Crippen LogP contribution in [0.25, 0.3) is 0 Å². The number of carboxylic acid groups (broad SMARTS) is 2. The number of anilines is 3. The van der Waals surface area contributed by atoms with E-state index in [2.05, 4.69) is 20.6 Å². The van der Waals surface area contributed by atoms with E-state index >= 15 is 0 Å². The number of aliphatic hydroxyl groups excluding tert-OH is 1. The van der Waals surface area contributed by atoms with Crippen LogP contribution in [0.5, 0.6) is 5.88 Å². The number of aliphatic carboxylic acids is 2. The lowest BCUT2D eigenvalue weighted by molar-refractivity contribution is -0.140.